The van der Waals surface area contributed by atoms with E-state index < -0.39 is 0 Å². The van der Waals surface area contributed by atoms with Gasteiger partial charge in [0.05, 0.1) is 0 Å². The van der Waals surface area contributed by atoms with Crippen LogP contribution < -0.4 is 10.6 Å². The molecule has 1 heterocycles. The number of nitrogens with one attached hydrogen (secondary N) is 2. The monoisotopic (exact) mass is 215 g/mol. The summed E-state index contributed by atoms with van der Waals surface area (Å²) in [6, 6.07) is -0.725. The lowest BCUT2D eigenvalue weighted by atomic mass is 10.3. The molecule has 0 aromatic heterocycles. The molecule has 1 aliphatic rings. The van der Waals surface area contributed by atoms with Crippen LogP contribution in [0.5, 0.6) is 0 Å². The normalized spacial score (nSPS) is 16.9. The molecular formula is C9H17N3O3. The SMILES string of the molecule is O=C(NCCCO)N1CCCCNC1=O. The molecule has 1 rings (SSSR count). The summed E-state index contributed by atoms with van der Waals surface area (Å²) in [4.78, 5) is 24.1. The van der Waals surface area contributed by atoms with Crippen molar-refractivity contribution in [1.82, 2.24) is 15.5 Å². The number of urea groups is 2. The first-order valence-corrected chi connectivity index (χ1v) is 5.20. The fourth-order valence-corrected chi connectivity index (χ4v) is 1.35. The van der Waals surface area contributed by atoms with Crippen LogP contribution in [0.1, 0.15) is 19.3 Å². The second-order valence-corrected chi connectivity index (χ2v) is 3.40. The van der Waals surface area contributed by atoms with Gasteiger partial charge in [0.25, 0.3) is 0 Å². The smallest absolute Gasteiger partial charge is 0.325 e. The topological polar surface area (TPSA) is 81.7 Å². The van der Waals surface area contributed by atoms with Crippen LogP contribution in [0, 0.1) is 0 Å². The number of hydrogen-bond acceptors (Lipinski definition) is 3. The Morgan fingerprint density at radius 2 is 2.33 bits per heavy atom. The Morgan fingerprint density at radius 3 is 3.07 bits per heavy atom. The van der Waals surface area contributed by atoms with E-state index >= 15 is 0 Å². The van der Waals surface area contributed by atoms with Crippen LogP contribution in [0.4, 0.5) is 9.59 Å². The summed E-state index contributed by atoms with van der Waals surface area (Å²) < 4.78 is 0. The fourth-order valence-electron chi connectivity index (χ4n) is 1.35. The fraction of sp³-hybridized carbons (Fsp3) is 0.778. The maximum atomic E-state index is 11.5. The van der Waals surface area contributed by atoms with Crippen LogP contribution in [0.3, 0.4) is 0 Å². The molecular weight excluding hydrogens is 198 g/mol. The average molecular weight is 215 g/mol. The molecule has 1 aliphatic heterocycles. The van der Waals surface area contributed by atoms with Crippen molar-refractivity contribution in [1.29, 1.82) is 0 Å². The average Bonchev–Trinajstić information content (AvgIpc) is 2.43. The van der Waals surface area contributed by atoms with Crippen molar-refractivity contribution >= 4 is 12.1 Å². The molecule has 3 N–H and O–H groups in total. The molecule has 0 aliphatic carbocycles. The van der Waals surface area contributed by atoms with Crippen molar-refractivity contribution in [3.8, 4) is 0 Å². The Labute approximate surface area is 88.6 Å². The maximum Gasteiger partial charge on any atom is 0.325 e. The zero-order chi connectivity index (χ0) is 11.1. The standard InChI is InChI=1S/C9H17N3O3/c13-7-3-5-11-9(15)12-6-2-1-4-10-8(12)14/h13H,1-7H2,(H,10,14)(H,11,15). The Bertz CT molecular complexity index is 233. The van der Waals surface area contributed by atoms with Gasteiger partial charge in [0, 0.05) is 26.2 Å². The lowest BCUT2D eigenvalue weighted by Gasteiger charge is -2.18. The molecule has 86 valence electrons. The highest BCUT2D eigenvalue weighted by molar-refractivity contribution is 5.93. The predicted molar refractivity (Wildman–Crippen MR) is 54.4 cm³/mol. The highest BCUT2D eigenvalue weighted by Gasteiger charge is 2.22. The van der Waals surface area contributed by atoms with Crippen LogP contribution in [-0.2, 0) is 0 Å². The first-order valence-electron chi connectivity index (χ1n) is 5.20. The van der Waals surface area contributed by atoms with Crippen molar-refractivity contribution in [3.63, 3.8) is 0 Å². The molecule has 0 aromatic carbocycles. The lowest BCUT2D eigenvalue weighted by molar-refractivity contribution is 0.188. The van der Waals surface area contributed by atoms with Gasteiger partial charge in [-0.2, -0.15) is 0 Å². The molecule has 1 fully saturated rings. The van der Waals surface area contributed by atoms with E-state index in [1.54, 1.807) is 0 Å². The quantitative estimate of drug-likeness (QED) is 0.574. The molecule has 0 saturated carbocycles. The van der Waals surface area contributed by atoms with Crippen LogP contribution >= 0.6 is 0 Å². The van der Waals surface area contributed by atoms with Gasteiger partial charge in [-0.25, -0.2) is 14.5 Å². The zero-order valence-electron chi connectivity index (χ0n) is 8.66. The minimum atomic E-state index is -0.386. The van der Waals surface area contributed by atoms with Crippen LogP contribution in [0.2, 0.25) is 0 Å². The molecule has 1 saturated heterocycles. The summed E-state index contributed by atoms with van der Waals surface area (Å²) in [5.74, 6) is 0. The van der Waals surface area contributed by atoms with Gasteiger partial charge < -0.3 is 15.7 Å². The number of amides is 4. The van der Waals surface area contributed by atoms with Crippen LogP contribution in [0.25, 0.3) is 0 Å². The van der Waals surface area contributed by atoms with Crippen LogP contribution in [-0.4, -0.2) is 48.3 Å². The Kier molecular flexibility index (Phi) is 4.89. The minimum absolute atomic E-state index is 0.0342. The number of hydrogen-bond donors (Lipinski definition) is 3. The van der Waals surface area contributed by atoms with Gasteiger partial charge in [0.2, 0.25) is 0 Å². The number of carbonyl (C=O) groups excluding carboxylic acids is 2. The van der Waals surface area contributed by atoms with E-state index in [0.717, 1.165) is 12.8 Å². The molecule has 0 unspecified atom stereocenters. The minimum Gasteiger partial charge on any atom is -0.396 e. The summed E-state index contributed by atoms with van der Waals surface area (Å²) >= 11 is 0. The zero-order valence-corrected chi connectivity index (χ0v) is 8.66. The van der Waals surface area contributed by atoms with E-state index in [9.17, 15) is 9.59 Å². The molecule has 0 atom stereocenters. The molecule has 15 heavy (non-hydrogen) atoms. The Balaban J connectivity index is 2.38. The number of rotatable bonds is 3. The van der Waals surface area contributed by atoms with E-state index in [4.69, 9.17) is 5.11 Å². The van der Waals surface area contributed by atoms with Crippen LogP contribution in [0.15, 0.2) is 0 Å². The predicted octanol–water partition coefficient (Wildman–Crippen LogP) is -0.116. The van der Waals surface area contributed by atoms with E-state index in [0.29, 0.717) is 26.1 Å². The van der Waals surface area contributed by atoms with Crippen molar-refractivity contribution in [3.05, 3.63) is 0 Å². The molecule has 0 bridgehead atoms. The van der Waals surface area contributed by atoms with Crippen molar-refractivity contribution < 1.29 is 14.7 Å². The third-order valence-corrected chi connectivity index (χ3v) is 2.19. The van der Waals surface area contributed by atoms with Crippen molar-refractivity contribution in [2.75, 3.05) is 26.2 Å². The first kappa shape index (κ1) is 11.8. The highest BCUT2D eigenvalue weighted by Crippen LogP contribution is 2.01. The second kappa shape index (κ2) is 6.23. The summed E-state index contributed by atoms with van der Waals surface area (Å²) in [7, 11) is 0. The number of aliphatic hydroxyl groups is 1. The van der Waals surface area contributed by atoms with Crippen molar-refractivity contribution in [2.45, 2.75) is 19.3 Å². The van der Waals surface area contributed by atoms with E-state index in [2.05, 4.69) is 10.6 Å². The second-order valence-electron chi connectivity index (χ2n) is 3.40. The first-order chi connectivity index (χ1) is 7.25. The third-order valence-electron chi connectivity index (χ3n) is 2.19. The largest absolute Gasteiger partial charge is 0.396 e. The van der Waals surface area contributed by atoms with Gasteiger partial charge in [0.1, 0.15) is 0 Å². The number of imide groups is 1. The molecule has 4 amide bonds. The highest BCUT2D eigenvalue weighted by atomic mass is 16.3. The molecule has 0 aromatic rings. The molecule has 6 nitrogen and oxygen atoms in total. The summed E-state index contributed by atoms with van der Waals surface area (Å²) in [6.07, 6.45) is 2.22. The molecule has 0 spiro atoms. The summed E-state index contributed by atoms with van der Waals surface area (Å²) in [5, 5.41) is 13.8. The number of nitrogens with zero attached hydrogens (tertiary/aromatic N) is 1. The van der Waals surface area contributed by atoms with Crippen molar-refractivity contribution in [2.24, 2.45) is 0 Å². The summed E-state index contributed by atoms with van der Waals surface area (Å²) in [5.41, 5.74) is 0. The van der Waals surface area contributed by atoms with E-state index in [1.807, 2.05) is 0 Å². The van der Waals surface area contributed by atoms with Gasteiger partial charge in [0.15, 0.2) is 0 Å². The number of aliphatic hydroxyl groups excluding tert-OH is 1. The van der Waals surface area contributed by atoms with Gasteiger partial charge in [-0.15, -0.1) is 0 Å². The van der Waals surface area contributed by atoms with Gasteiger partial charge in [-0.3, -0.25) is 0 Å². The lowest BCUT2D eigenvalue weighted by Crippen LogP contribution is -2.47. The van der Waals surface area contributed by atoms with Gasteiger partial charge >= 0.3 is 12.1 Å². The molecule has 0 radical (unpaired) electrons. The van der Waals surface area contributed by atoms with E-state index in [1.165, 1.54) is 4.90 Å². The maximum absolute atomic E-state index is 11.5. The third kappa shape index (κ3) is 3.75. The Hall–Kier alpha value is -1.30. The Morgan fingerprint density at radius 1 is 1.53 bits per heavy atom. The van der Waals surface area contributed by atoms with E-state index in [-0.39, 0.29) is 18.7 Å². The molecule has 6 heteroatoms. The number of carbonyl (C=O) groups is 2. The summed E-state index contributed by atoms with van der Waals surface area (Å²) in [6.45, 7) is 1.50. The van der Waals surface area contributed by atoms with Gasteiger partial charge in [-0.1, -0.05) is 0 Å². The van der Waals surface area contributed by atoms with Gasteiger partial charge in [-0.05, 0) is 19.3 Å².